The molecule has 2 fully saturated rings. The van der Waals surface area contributed by atoms with Crippen LogP contribution in [0.15, 0.2) is 23.1 Å². The average molecular weight is 312 g/mol. The zero-order valence-corrected chi connectivity index (χ0v) is 12.9. The van der Waals surface area contributed by atoms with Crippen LogP contribution in [0, 0.1) is 24.6 Å². The van der Waals surface area contributed by atoms with Crippen LogP contribution in [0.2, 0.25) is 0 Å². The minimum absolute atomic E-state index is 0.0428. The van der Waals surface area contributed by atoms with Gasteiger partial charge in [0, 0.05) is 6.04 Å². The Morgan fingerprint density at radius 1 is 1.24 bits per heavy atom. The largest absolute Gasteiger partial charge is 0.316 e. The minimum atomic E-state index is -3.65. The Morgan fingerprint density at radius 2 is 2.00 bits per heavy atom. The van der Waals surface area contributed by atoms with Gasteiger partial charge in [-0.2, -0.15) is 0 Å². The van der Waals surface area contributed by atoms with Gasteiger partial charge in [0.15, 0.2) is 0 Å². The van der Waals surface area contributed by atoms with Gasteiger partial charge in [-0.3, -0.25) is 0 Å². The van der Waals surface area contributed by atoms with E-state index >= 15 is 0 Å². The molecule has 1 aliphatic carbocycles. The highest BCUT2D eigenvalue weighted by molar-refractivity contribution is 7.89. The number of hydrogen-bond donors (Lipinski definition) is 2. The SMILES string of the molecule is Cc1ccc(F)cc1S(=O)(=O)NC1CC[C@H]2CNC[C@H]2C1. The summed E-state index contributed by atoms with van der Waals surface area (Å²) in [5.74, 6) is 0.714. The smallest absolute Gasteiger partial charge is 0.241 e. The number of sulfonamides is 1. The lowest BCUT2D eigenvalue weighted by Crippen LogP contribution is -2.40. The number of nitrogens with one attached hydrogen (secondary N) is 2. The molecule has 1 heterocycles. The first-order valence-corrected chi connectivity index (χ1v) is 8.93. The van der Waals surface area contributed by atoms with E-state index in [9.17, 15) is 12.8 Å². The zero-order chi connectivity index (χ0) is 15.0. The molecule has 116 valence electrons. The first-order chi connectivity index (χ1) is 9.95. The summed E-state index contributed by atoms with van der Waals surface area (Å²) in [6, 6.07) is 3.84. The van der Waals surface area contributed by atoms with Crippen molar-refractivity contribution in [3.05, 3.63) is 29.6 Å². The lowest BCUT2D eigenvalue weighted by Gasteiger charge is -2.31. The molecule has 0 aromatic heterocycles. The van der Waals surface area contributed by atoms with E-state index in [1.807, 2.05) is 0 Å². The summed E-state index contributed by atoms with van der Waals surface area (Å²) in [5, 5.41) is 3.37. The molecule has 1 aromatic rings. The number of hydrogen-bond acceptors (Lipinski definition) is 3. The third-order valence-corrected chi connectivity index (χ3v) is 6.38. The number of halogens is 1. The lowest BCUT2D eigenvalue weighted by molar-refractivity contribution is 0.260. The van der Waals surface area contributed by atoms with Crippen molar-refractivity contribution in [1.82, 2.24) is 10.0 Å². The van der Waals surface area contributed by atoms with Crippen molar-refractivity contribution in [3.63, 3.8) is 0 Å². The Morgan fingerprint density at radius 3 is 2.81 bits per heavy atom. The van der Waals surface area contributed by atoms with Gasteiger partial charge in [0.2, 0.25) is 10.0 Å². The van der Waals surface area contributed by atoms with Gasteiger partial charge in [-0.15, -0.1) is 0 Å². The fraction of sp³-hybridized carbons (Fsp3) is 0.600. The molecule has 1 saturated carbocycles. The Labute approximate surface area is 125 Å². The first-order valence-electron chi connectivity index (χ1n) is 7.45. The van der Waals surface area contributed by atoms with Crippen LogP contribution >= 0.6 is 0 Å². The normalized spacial score (nSPS) is 29.3. The molecule has 4 nitrogen and oxygen atoms in total. The van der Waals surface area contributed by atoms with Crippen molar-refractivity contribution < 1.29 is 12.8 Å². The van der Waals surface area contributed by atoms with Crippen LogP contribution in [0.3, 0.4) is 0 Å². The molecule has 21 heavy (non-hydrogen) atoms. The number of rotatable bonds is 3. The van der Waals surface area contributed by atoms with Crippen molar-refractivity contribution in [2.45, 2.75) is 37.1 Å². The fourth-order valence-corrected chi connectivity index (χ4v) is 5.09. The van der Waals surface area contributed by atoms with E-state index in [2.05, 4.69) is 10.0 Å². The van der Waals surface area contributed by atoms with E-state index in [-0.39, 0.29) is 10.9 Å². The summed E-state index contributed by atoms with van der Waals surface area (Å²) >= 11 is 0. The quantitative estimate of drug-likeness (QED) is 0.895. The van der Waals surface area contributed by atoms with Crippen LogP contribution in [0.25, 0.3) is 0 Å². The van der Waals surface area contributed by atoms with Crippen molar-refractivity contribution >= 4 is 10.0 Å². The second-order valence-corrected chi connectivity index (χ2v) is 7.90. The third kappa shape index (κ3) is 3.12. The molecule has 1 saturated heterocycles. The molecule has 6 heteroatoms. The molecular weight excluding hydrogens is 291 g/mol. The summed E-state index contributed by atoms with van der Waals surface area (Å²) in [4.78, 5) is 0.0502. The highest BCUT2D eigenvalue weighted by Gasteiger charge is 2.35. The van der Waals surface area contributed by atoms with Crippen LogP contribution in [0.5, 0.6) is 0 Å². The van der Waals surface area contributed by atoms with E-state index < -0.39 is 15.8 Å². The molecule has 1 aromatic carbocycles. The second-order valence-electron chi connectivity index (χ2n) is 6.22. The summed E-state index contributed by atoms with van der Waals surface area (Å²) in [5.41, 5.74) is 0.570. The molecule has 3 rings (SSSR count). The van der Waals surface area contributed by atoms with E-state index in [4.69, 9.17) is 0 Å². The van der Waals surface area contributed by atoms with Gasteiger partial charge in [-0.05, 0) is 68.8 Å². The van der Waals surface area contributed by atoms with Gasteiger partial charge < -0.3 is 5.32 Å². The maximum atomic E-state index is 13.3. The van der Waals surface area contributed by atoms with Crippen LogP contribution in [0.4, 0.5) is 4.39 Å². The Hall–Kier alpha value is -0.980. The second kappa shape index (κ2) is 5.66. The molecule has 0 amide bonds. The molecule has 2 N–H and O–H groups in total. The first kappa shape index (κ1) is 14.9. The molecule has 2 aliphatic rings. The van der Waals surface area contributed by atoms with Gasteiger partial charge in [0.25, 0.3) is 0 Å². The van der Waals surface area contributed by atoms with Gasteiger partial charge in [0.1, 0.15) is 5.82 Å². The van der Waals surface area contributed by atoms with Crippen LogP contribution < -0.4 is 10.0 Å². The van der Waals surface area contributed by atoms with Gasteiger partial charge >= 0.3 is 0 Å². The maximum Gasteiger partial charge on any atom is 0.241 e. The van der Waals surface area contributed by atoms with Crippen molar-refractivity contribution in [1.29, 1.82) is 0 Å². The highest BCUT2D eigenvalue weighted by Crippen LogP contribution is 2.33. The Balaban J connectivity index is 1.75. The zero-order valence-electron chi connectivity index (χ0n) is 12.1. The Kier molecular flexibility index (Phi) is 4.03. The molecule has 0 bridgehead atoms. The summed E-state index contributed by atoms with van der Waals surface area (Å²) < 4.78 is 41.0. The predicted octanol–water partition coefficient (Wildman–Crippen LogP) is 1.80. The van der Waals surface area contributed by atoms with Gasteiger partial charge in [-0.25, -0.2) is 17.5 Å². The predicted molar refractivity (Wildman–Crippen MR) is 78.9 cm³/mol. The van der Waals surface area contributed by atoms with E-state index in [1.165, 1.54) is 12.1 Å². The molecule has 1 aliphatic heterocycles. The minimum Gasteiger partial charge on any atom is -0.316 e. The standard InChI is InChI=1S/C15H21FN2O2S/c1-10-2-4-13(16)7-15(10)21(19,20)18-14-5-3-11-8-17-9-12(11)6-14/h2,4,7,11-12,14,17-18H,3,5-6,8-9H2,1H3/t11-,12+,14?/m0/s1. The molecule has 0 radical (unpaired) electrons. The molecule has 0 spiro atoms. The number of aryl methyl sites for hydroxylation is 1. The van der Waals surface area contributed by atoms with Gasteiger partial charge in [-0.1, -0.05) is 6.07 Å². The van der Waals surface area contributed by atoms with Crippen LogP contribution in [-0.2, 0) is 10.0 Å². The Bertz CT molecular complexity index is 633. The fourth-order valence-electron chi connectivity index (χ4n) is 3.55. The summed E-state index contributed by atoms with van der Waals surface area (Å²) in [6.45, 7) is 3.71. The van der Waals surface area contributed by atoms with E-state index in [1.54, 1.807) is 6.92 Å². The highest BCUT2D eigenvalue weighted by atomic mass is 32.2. The number of benzene rings is 1. The van der Waals surface area contributed by atoms with Gasteiger partial charge in [0.05, 0.1) is 4.90 Å². The molecule has 3 atom stereocenters. The number of fused-ring (bicyclic) bond motifs is 1. The third-order valence-electron chi connectivity index (χ3n) is 4.71. The van der Waals surface area contributed by atoms with Crippen molar-refractivity contribution in [2.24, 2.45) is 11.8 Å². The summed E-state index contributed by atoms with van der Waals surface area (Å²) in [6.07, 6.45) is 2.77. The van der Waals surface area contributed by atoms with E-state index in [0.717, 1.165) is 38.4 Å². The van der Waals surface area contributed by atoms with E-state index in [0.29, 0.717) is 17.4 Å². The summed E-state index contributed by atoms with van der Waals surface area (Å²) in [7, 11) is -3.65. The topological polar surface area (TPSA) is 58.2 Å². The molecule has 1 unspecified atom stereocenters. The van der Waals surface area contributed by atoms with Crippen LogP contribution in [-0.4, -0.2) is 27.5 Å². The molecular formula is C15H21FN2O2S. The van der Waals surface area contributed by atoms with Crippen molar-refractivity contribution in [3.8, 4) is 0 Å². The maximum absolute atomic E-state index is 13.3. The average Bonchev–Trinajstić information content (AvgIpc) is 2.88. The van der Waals surface area contributed by atoms with Crippen LogP contribution in [0.1, 0.15) is 24.8 Å². The van der Waals surface area contributed by atoms with Crippen molar-refractivity contribution in [2.75, 3.05) is 13.1 Å². The lowest BCUT2D eigenvalue weighted by atomic mass is 9.79. The monoisotopic (exact) mass is 312 g/mol.